The van der Waals surface area contributed by atoms with Gasteiger partial charge in [-0.05, 0) is 19.1 Å². The van der Waals surface area contributed by atoms with Gasteiger partial charge in [-0.2, -0.15) is 0 Å². The number of hydrogen-bond acceptors (Lipinski definition) is 2. The maximum atomic E-state index is 4.09. The first kappa shape index (κ1) is 10.4. The van der Waals surface area contributed by atoms with Crippen molar-refractivity contribution in [2.45, 2.75) is 17.9 Å². The molecule has 2 atom stereocenters. The molecule has 0 radical (unpaired) electrons. The molecule has 0 amide bonds. The lowest BCUT2D eigenvalue weighted by Crippen LogP contribution is -2.27. The molecule has 0 bridgehead atoms. The Morgan fingerprint density at radius 3 is 2.86 bits per heavy atom. The van der Waals surface area contributed by atoms with E-state index in [1.807, 2.05) is 12.4 Å². The zero-order valence-corrected chi connectivity index (χ0v) is 10.3. The van der Waals surface area contributed by atoms with E-state index >= 15 is 0 Å². The molecule has 0 saturated carbocycles. The van der Waals surface area contributed by atoms with E-state index in [1.165, 1.54) is 22.8 Å². The molecular weight excluding hydrogens is 210 g/mol. The number of nitrogens with zero attached hydrogens (tertiary/aromatic N) is 1. The van der Waals surface area contributed by atoms with Crippen molar-refractivity contribution in [3.8, 4) is 0 Å². The van der Waals surface area contributed by atoms with Crippen molar-refractivity contribution >= 4 is 22.7 Å². The Morgan fingerprint density at radius 2 is 2.21 bits per heavy atom. The first-order chi connectivity index (χ1) is 6.77. The molecule has 0 aliphatic carbocycles. The molecule has 3 heteroatoms. The second-order valence-electron chi connectivity index (χ2n) is 3.52. The molecular formula is C11H16NS2+. The molecule has 1 aromatic heterocycles. The molecule has 2 unspecified atom stereocenters. The summed E-state index contributed by atoms with van der Waals surface area (Å²) in [6, 6.07) is 4.35. The van der Waals surface area contributed by atoms with Crippen LogP contribution in [-0.4, -0.2) is 22.2 Å². The number of thioether (sulfide) groups is 1. The minimum Gasteiger partial charge on any atom is -0.265 e. The Hall–Kier alpha value is -0.150. The fourth-order valence-corrected chi connectivity index (χ4v) is 6.99. The third-order valence-corrected chi connectivity index (χ3v) is 8.06. The predicted molar refractivity (Wildman–Crippen MR) is 66.8 cm³/mol. The topological polar surface area (TPSA) is 12.9 Å². The maximum absolute atomic E-state index is 4.09. The normalized spacial score (nSPS) is 32.0. The number of pyridine rings is 1. The first-order valence-corrected chi connectivity index (χ1v) is 7.54. The number of aromatic nitrogens is 1. The van der Waals surface area contributed by atoms with Gasteiger partial charge < -0.3 is 0 Å². The molecule has 14 heavy (non-hydrogen) atoms. The Kier molecular flexibility index (Phi) is 3.07. The van der Waals surface area contributed by atoms with E-state index in [0.29, 0.717) is 15.0 Å². The highest BCUT2D eigenvalue weighted by molar-refractivity contribution is 8.19. The zero-order valence-electron chi connectivity index (χ0n) is 8.69. The fraction of sp³-hybridized carbons (Fsp3) is 0.545. The third kappa shape index (κ3) is 1.68. The second-order valence-corrected chi connectivity index (χ2v) is 8.08. The van der Waals surface area contributed by atoms with Crippen molar-refractivity contribution in [3.05, 3.63) is 30.1 Å². The van der Waals surface area contributed by atoms with Crippen molar-refractivity contribution in [2.75, 3.05) is 17.3 Å². The van der Waals surface area contributed by atoms with Gasteiger partial charge >= 0.3 is 0 Å². The lowest BCUT2D eigenvalue weighted by atomic mass is 10.2. The smallest absolute Gasteiger partial charge is 0.195 e. The molecule has 0 N–H and O–H groups in total. The molecule has 2 rings (SSSR count). The molecule has 1 saturated heterocycles. The SMILES string of the molecule is CC[S+]1CCSC1(C)c1ccncc1. The van der Waals surface area contributed by atoms with Crippen LogP contribution in [-0.2, 0) is 15.0 Å². The first-order valence-electron chi connectivity index (χ1n) is 4.99. The summed E-state index contributed by atoms with van der Waals surface area (Å²) >= 11 is 2.12. The van der Waals surface area contributed by atoms with Crippen molar-refractivity contribution in [1.82, 2.24) is 4.98 Å². The maximum Gasteiger partial charge on any atom is 0.195 e. The minimum atomic E-state index is 0.359. The van der Waals surface area contributed by atoms with Crippen LogP contribution in [0.25, 0.3) is 0 Å². The van der Waals surface area contributed by atoms with Crippen LogP contribution in [0.2, 0.25) is 0 Å². The molecule has 2 heterocycles. The summed E-state index contributed by atoms with van der Waals surface area (Å²) in [5.74, 6) is 4.02. The fourth-order valence-electron chi connectivity index (χ4n) is 1.94. The van der Waals surface area contributed by atoms with Crippen LogP contribution in [0.15, 0.2) is 24.5 Å². The van der Waals surface area contributed by atoms with Gasteiger partial charge in [0.05, 0.1) is 0 Å². The molecule has 1 nitrogen and oxygen atoms in total. The Balaban J connectivity index is 2.31. The van der Waals surface area contributed by atoms with Crippen molar-refractivity contribution in [3.63, 3.8) is 0 Å². The van der Waals surface area contributed by atoms with Crippen LogP contribution in [0.1, 0.15) is 19.4 Å². The van der Waals surface area contributed by atoms with Gasteiger partial charge in [0.1, 0.15) is 11.5 Å². The van der Waals surface area contributed by atoms with Gasteiger partial charge in [-0.25, -0.2) is 0 Å². The van der Waals surface area contributed by atoms with Crippen LogP contribution in [0.3, 0.4) is 0 Å². The molecule has 0 aromatic carbocycles. The molecule has 1 aliphatic heterocycles. The van der Waals surface area contributed by atoms with Crippen LogP contribution in [0.4, 0.5) is 0 Å². The van der Waals surface area contributed by atoms with Crippen LogP contribution in [0.5, 0.6) is 0 Å². The van der Waals surface area contributed by atoms with Gasteiger partial charge in [-0.3, -0.25) is 4.98 Å². The van der Waals surface area contributed by atoms with Crippen LogP contribution >= 0.6 is 11.8 Å². The van der Waals surface area contributed by atoms with E-state index in [-0.39, 0.29) is 0 Å². The highest BCUT2D eigenvalue weighted by Crippen LogP contribution is 2.47. The molecule has 76 valence electrons. The second kappa shape index (κ2) is 4.15. The van der Waals surface area contributed by atoms with E-state index in [4.69, 9.17) is 0 Å². The van der Waals surface area contributed by atoms with Gasteiger partial charge in [-0.1, -0.05) is 11.8 Å². The van der Waals surface area contributed by atoms with Gasteiger partial charge in [-0.15, -0.1) is 0 Å². The Labute approximate surface area is 93.0 Å². The largest absolute Gasteiger partial charge is 0.265 e. The number of rotatable bonds is 2. The Morgan fingerprint density at radius 1 is 1.50 bits per heavy atom. The minimum absolute atomic E-state index is 0.359. The van der Waals surface area contributed by atoms with Gasteiger partial charge in [0.15, 0.2) is 4.08 Å². The molecule has 1 aromatic rings. The standard InChI is InChI=1S/C11H16NS2/c1-3-14-9-8-13-11(14,2)10-4-6-12-7-5-10/h4-7H,3,8-9H2,1-2H3/q+1. The van der Waals surface area contributed by atoms with E-state index in [2.05, 4.69) is 42.7 Å². The summed E-state index contributed by atoms with van der Waals surface area (Å²) in [5, 5.41) is 0. The number of hydrogen-bond donors (Lipinski definition) is 0. The lowest BCUT2D eigenvalue weighted by Gasteiger charge is -2.21. The van der Waals surface area contributed by atoms with Gasteiger partial charge in [0.25, 0.3) is 0 Å². The predicted octanol–water partition coefficient (Wildman–Crippen LogP) is 2.64. The van der Waals surface area contributed by atoms with Crippen molar-refractivity contribution in [2.24, 2.45) is 0 Å². The van der Waals surface area contributed by atoms with Gasteiger partial charge in [0, 0.05) is 41.5 Å². The average Bonchev–Trinajstić information content (AvgIpc) is 2.62. The van der Waals surface area contributed by atoms with Gasteiger partial charge in [0.2, 0.25) is 0 Å². The van der Waals surface area contributed by atoms with E-state index in [9.17, 15) is 0 Å². The summed E-state index contributed by atoms with van der Waals surface area (Å²) in [6.45, 7) is 4.71. The van der Waals surface area contributed by atoms with E-state index in [0.717, 1.165) is 0 Å². The zero-order chi connectivity index (χ0) is 10.0. The quantitative estimate of drug-likeness (QED) is 0.719. The highest BCUT2D eigenvalue weighted by Gasteiger charge is 2.48. The Bertz CT molecular complexity index is 301. The van der Waals surface area contributed by atoms with Crippen LogP contribution < -0.4 is 0 Å². The van der Waals surface area contributed by atoms with E-state index < -0.39 is 0 Å². The lowest BCUT2D eigenvalue weighted by molar-refractivity contribution is 0.996. The molecule has 0 spiro atoms. The molecule has 1 aliphatic rings. The molecule has 1 fully saturated rings. The summed E-state index contributed by atoms with van der Waals surface area (Å²) in [4.78, 5) is 4.09. The summed E-state index contributed by atoms with van der Waals surface area (Å²) in [7, 11) is 0.547. The highest BCUT2D eigenvalue weighted by atomic mass is 32.2. The average molecular weight is 226 g/mol. The van der Waals surface area contributed by atoms with Crippen molar-refractivity contribution < 1.29 is 0 Å². The summed E-state index contributed by atoms with van der Waals surface area (Å²) < 4.78 is 0.359. The van der Waals surface area contributed by atoms with E-state index in [1.54, 1.807) is 0 Å². The summed E-state index contributed by atoms with van der Waals surface area (Å²) in [5.41, 5.74) is 1.46. The van der Waals surface area contributed by atoms with Crippen LogP contribution in [0, 0.1) is 0 Å². The monoisotopic (exact) mass is 226 g/mol. The summed E-state index contributed by atoms with van der Waals surface area (Å²) in [6.07, 6.45) is 3.83. The van der Waals surface area contributed by atoms with Crippen molar-refractivity contribution in [1.29, 1.82) is 0 Å². The third-order valence-electron chi connectivity index (χ3n) is 2.81.